The number of methoxy groups -OCH3 is 1. The number of ether oxygens (including phenoxy) is 1. The normalized spacial score (nSPS) is 11.2. The molecule has 0 fully saturated rings. The van der Waals surface area contributed by atoms with Crippen molar-refractivity contribution in [2.24, 2.45) is 0 Å². The van der Waals surface area contributed by atoms with Crippen LogP contribution in [0.15, 0.2) is 60.7 Å². The third kappa shape index (κ3) is 4.50. The van der Waals surface area contributed by atoms with Gasteiger partial charge in [0.15, 0.2) is 0 Å². The molecule has 2 nitrogen and oxygen atoms in total. The van der Waals surface area contributed by atoms with Gasteiger partial charge in [0, 0.05) is 16.7 Å². The standard InChI is InChI=1S/C18H18O2S/c1-14-8-6-7-11-16(14)13-21-17(12-18(19)20-2)15-9-4-3-5-10-15/h3-12H,13H2,1-2H3. The van der Waals surface area contributed by atoms with Gasteiger partial charge in [0.1, 0.15) is 0 Å². The van der Waals surface area contributed by atoms with E-state index in [0.29, 0.717) is 0 Å². The van der Waals surface area contributed by atoms with Gasteiger partial charge < -0.3 is 4.74 Å². The minimum atomic E-state index is -0.328. The number of thioether (sulfide) groups is 1. The molecule has 0 N–H and O–H groups in total. The van der Waals surface area contributed by atoms with Crippen molar-refractivity contribution in [3.05, 3.63) is 77.4 Å². The maximum absolute atomic E-state index is 11.6. The van der Waals surface area contributed by atoms with Crippen molar-refractivity contribution in [3.63, 3.8) is 0 Å². The van der Waals surface area contributed by atoms with Crippen molar-refractivity contribution < 1.29 is 9.53 Å². The lowest BCUT2D eigenvalue weighted by atomic mass is 10.1. The van der Waals surface area contributed by atoms with E-state index in [1.165, 1.54) is 18.2 Å². The van der Waals surface area contributed by atoms with Crippen molar-refractivity contribution in [3.8, 4) is 0 Å². The van der Waals surface area contributed by atoms with Crippen molar-refractivity contribution >= 4 is 22.6 Å². The van der Waals surface area contributed by atoms with Gasteiger partial charge in [0.2, 0.25) is 0 Å². The van der Waals surface area contributed by atoms with Gasteiger partial charge in [-0.2, -0.15) is 0 Å². The Labute approximate surface area is 129 Å². The summed E-state index contributed by atoms with van der Waals surface area (Å²) in [5.41, 5.74) is 3.56. The van der Waals surface area contributed by atoms with Crippen LogP contribution in [0.1, 0.15) is 16.7 Å². The quantitative estimate of drug-likeness (QED) is 0.603. The summed E-state index contributed by atoms with van der Waals surface area (Å²) in [6, 6.07) is 18.2. The summed E-state index contributed by atoms with van der Waals surface area (Å²) in [6.45, 7) is 2.10. The van der Waals surface area contributed by atoms with E-state index in [9.17, 15) is 4.79 Å². The third-order valence-electron chi connectivity index (χ3n) is 3.15. The Kier molecular flexibility index (Phi) is 5.64. The number of carbonyl (C=O) groups is 1. The first kappa shape index (κ1) is 15.4. The topological polar surface area (TPSA) is 26.3 Å². The van der Waals surface area contributed by atoms with Crippen LogP contribution in [0.25, 0.3) is 4.91 Å². The van der Waals surface area contributed by atoms with Crippen molar-refractivity contribution in [2.75, 3.05) is 7.11 Å². The summed E-state index contributed by atoms with van der Waals surface area (Å²) < 4.78 is 4.75. The monoisotopic (exact) mass is 298 g/mol. The zero-order valence-corrected chi connectivity index (χ0v) is 13.0. The van der Waals surface area contributed by atoms with Crippen LogP contribution in [0.5, 0.6) is 0 Å². The maximum atomic E-state index is 11.6. The predicted molar refractivity (Wildman–Crippen MR) is 88.9 cm³/mol. The summed E-state index contributed by atoms with van der Waals surface area (Å²) in [5.74, 6) is 0.496. The van der Waals surface area contributed by atoms with Gasteiger partial charge in [0.25, 0.3) is 0 Å². The molecule has 3 heteroatoms. The van der Waals surface area contributed by atoms with Crippen molar-refractivity contribution in [1.82, 2.24) is 0 Å². The highest BCUT2D eigenvalue weighted by Crippen LogP contribution is 2.31. The molecule has 2 aromatic carbocycles. The SMILES string of the molecule is COC(=O)C=C(SCc1ccccc1C)c1ccccc1. The molecule has 0 saturated heterocycles. The van der Waals surface area contributed by atoms with Crippen LogP contribution in [-0.2, 0) is 15.3 Å². The average molecular weight is 298 g/mol. The zero-order chi connectivity index (χ0) is 15.1. The minimum absolute atomic E-state index is 0.328. The van der Waals surface area contributed by atoms with E-state index in [0.717, 1.165) is 16.2 Å². The Morgan fingerprint density at radius 3 is 2.43 bits per heavy atom. The van der Waals surface area contributed by atoms with Gasteiger partial charge in [-0.3, -0.25) is 0 Å². The fourth-order valence-electron chi connectivity index (χ4n) is 1.90. The lowest BCUT2D eigenvalue weighted by Crippen LogP contribution is -1.96. The van der Waals surface area contributed by atoms with E-state index in [1.54, 1.807) is 17.8 Å². The van der Waals surface area contributed by atoms with Gasteiger partial charge in [-0.15, -0.1) is 11.8 Å². The molecule has 0 aromatic heterocycles. The fraction of sp³-hybridized carbons (Fsp3) is 0.167. The largest absolute Gasteiger partial charge is 0.466 e. The molecule has 0 aliphatic carbocycles. The molecule has 21 heavy (non-hydrogen) atoms. The molecule has 0 aliphatic heterocycles. The van der Waals surface area contributed by atoms with Crippen LogP contribution in [-0.4, -0.2) is 13.1 Å². The van der Waals surface area contributed by atoms with E-state index in [4.69, 9.17) is 4.74 Å². The molecule has 0 spiro atoms. The maximum Gasteiger partial charge on any atom is 0.331 e. The first-order chi connectivity index (χ1) is 10.2. The molecule has 0 radical (unpaired) electrons. The van der Waals surface area contributed by atoms with Crippen molar-refractivity contribution in [2.45, 2.75) is 12.7 Å². The third-order valence-corrected chi connectivity index (χ3v) is 4.27. The number of hydrogen-bond acceptors (Lipinski definition) is 3. The fourth-order valence-corrected chi connectivity index (χ4v) is 3.02. The Morgan fingerprint density at radius 2 is 1.76 bits per heavy atom. The van der Waals surface area contributed by atoms with E-state index < -0.39 is 0 Å². The highest BCUT2D eigenvalue weighted by molar-refractivity contribution is 8.07. The molecule has 0 bridgehead atoms. The number of rotatable bonds is 5. The van der Waals surface area contributed by atoms with Gasteiger partial charge in [-0.05, 0) is 23.6 Å². The predicted octanol–water partition coefficient (Wildman–Crippen LogP) is 4.44. The first-order valence-electron chi connectivity index (χ1n) is 6.73. The van der Waals surface area contributed by atoms with E-state index in [2.05, 4.69) is 19.1 Å². The number of hydrogen-bond donors (Lipinski definition) is 0. The summed E-state index contributed by atoms with van der Waals surface area (Å²) in [6.07, 6.45) is 1.55. The van der Waals surface area contributed by atoms with Crippen LogP contribution in [0, 0.1) is 6.92 Å². The summed E-state index contributed by atoms with van der Waals surface area (Å²) >= 11 is 1.65. The Hall–Kier alpha value is -2.00. The number of benzene rings is 2. The summed E-state index contributed by atoms with van der Waals surface area (Å²) in [5, 5.41) is 0. The molecule has 0 amide bonds. The first-order valence-corrected chi connectivity index (χ1v) is 7.71. The molecule has 0 heterocycles. The van der Waals surface area contributed by atoms with E-state index in [-0.39, 0.29) is 5.97 Å². The van der Waals surface area contributed by atoms with Crippen LogP contribution in [0.3, 0.4) is 0 Å². The summed E-state index contributed by atoms with van der Waals surface area (Å²) in [4.78, 5) is 12.5. The lowest BCUT2D eigenvalue weighted by molar-refractivity contribution is -0.134. The van der Waals surface area contributed by atoms with Crippen LogP contribution >= 0.6 is 11.8 Å². The smallest absolute Gasteiger partial charge is 0.331 e. The lowest BCUT2D eigenvalue weighted by Gasteiger charge is -2.09. The Morgan fingerprint density at radius 1 is 1.10 bits per heavy atom. The van der Waals surface area contributed by atoms with E-state index >= 15 is 0 Å². The average Bonchev–Trinajstić information content (AvgIpc) is 2.53. The number of carbonyl (C=O) groups excluding carboxylic acids is 1. The molecule has 0 saturated carbocycles. The second kappa shape index (κ2) is 7.70. The second-order valence-electron chi connectivity index (χ2n) is 4.61. The van der Waals surface area contributed by atoms with Gasteiger partial charge in [-0.1, -0.05) is 54.6 Å². The zero-order valence-electron chi connectivity index (χ0n) is 12.2. The molecular weight excluding hydrogens is 280 g/mol. The van der Waals surface area contributed by atoms with Crippen LogP contribution in [0.2, 0.25) is 0 Å². The van der Waals surface area contributed by atoms with Crippen LogP contribution in [0.4, 0.5) is 0 Å². The van der Waals surface area contributed by atoms with Gasteiger partial charge in [0.05, 0.1) is 7.11 Å². The molecule has 2 rings (SSSR count). The Balaban J connectivity index is 2.20. The van der Waals surface area contributed by atoms with Gasteiger partial charge in [-0.25, -0.2) is 4.79 Å². The Bertz CT molecular complexity index is 633. The highest BCUT2D eigenvalue weighted by Gasteiger charge is 2.07. The number of esters is 1. The van der Waals surface area contributed by atoms with Crippen molar-refractivity contribution in [1.29, 1.82) is 0 Å². The second-order valence-corrected chi connectivity index (χ2v) is 5.63. The van der Waals surface area contributed by atoms with Gasteiger partial charge >= 0.3 is 5.97 Å². The molecule has 2 aromatic rings. The molecule has 0 atom stereocenters. The minimum Gasteiger partial charge on any atom is -0.466 e. The molecule has 108 valence electrons. The molecular formula is C18H18O2S. The molecule has 0 unspecified atom stereocenters. The number of aryl methyl sites for hydroxylation is 1. The summed E-state index contributed by atoms with van der Waals surface area (Å²) in [7, 11) is 1.40. The van der Waals surface area contributed by atoms with E-state index in [1.807, 2.05) is 42.5 Å². The van der Waals surface area contributed by atoms with Crippen LogP contribution < -0.4 is 0 Å². The highest BCUT2D eigenvalue weighted by atomic mass is 32.2. The molecule has 0 aliphatic rings.